The van der Waals surface area contributed by atoms with Crippen molar-refractivity contribution in [3.8, 4) is 5.75 Å². The van der Waals surface area contributed by atoms with Crippen LogP contribution in [0.3, 0.4) is 0 Å². The lowest BCUT2D eigenvalue weighted by atomic mass is 9.94. The van der Waals surface area contributed by atoms with E-state index < -0.39 is 6.04 Å². The molecule has 0 radical (unpaired) electrons. The van der Waals surface area contributed by atoms with Gasteiger partial charge in [-0.15, -0.1) is 5.10 Å². The van der Waals surface area contributed by atoms with Crippen LogP contribution in [-0.2, 0) is 11.4 Å². The maximum atomic E-state index is 13.8. The van der Waals surface area contributed by atoms with Gasteiger partial charge < -0.3 is 15.4 Å². The second kappa shape index (κ2) is 12.4. The molecule has 10 heteroatoms. The molecule has 1 atom stereocenters. The molecule has 1 aliphatic rings. The Morgan fingerprint density at radius 2 is 1.90 bits per heavy atom. The number of hydrogen-bond acceptors (Lipinski definition) is 6. The van der Waals surface area contributed by atoms with Gasteiger partial charge in [-0.1, -0.05) is 77.8 Å². The van der Waals surface area contributed by atoms with Gasteiger partial charge in [-0.3, -0.25) is 4.79 Å². The Hall–Kier alpha value is -3.46. The van der Waals surface area contributed by atoms with Gasteiger partial charge in [0.2, 0.25) is 11.1 Å². The second-order valence-corrected chi connectivity index (χ2v) is 11.4. The minimum Gasteiger partial charge on any atom is -0.489 e. The zero-order chi connectivity index (χ0) is 28.2. The second-order valence-electron chi connectivity index (χ2n) is 9.49. The van der Waals surface area contributed by atoms with Crippen LogP contribution in [0.1, 0.15) is 43.0 Å². The van der Waals surface area contributed by atoms with Crippen molar-refractivity contribution in [3.63, 3.8) is 0 Å². The Kier molecular flexibility index (Phi) is 8.69. The normalized spacial score (nSPS) is 14.5. The molecule has 0 saturated carbocycles. The highest BCUT2D eigenvalue weighted by molar-refractivity contribution is 7.99. The Bertz CT molecular complexity index is 1570. The molecule has 40 heavy (non-hydrogen) atoms. The SMILES string of the molecule is CCCSc1nc2n(n1)C(c1cccc(OCc3ccc(Cl)cc3Cl)c1)C(C(=O)Nc1ccc(C)cc1)=C(C)N2. The number of amides is 1. The van der Waals surface area contributed by atoms with Crippen molar-refractivity contribution in [3.05, 3.63) is 105 Å². The number of anilines is 2. The fraction of sp³-hybridized carbons (Fsp3) is 0.233. The highest BCUT2D eigenvalue weighted by Gasteiger charge is 2.34. The zero-order valence-corrected chi connectivity index (χ0v) is 24.7. The number of aryl methyl sites for hydroxylation is 1. The quantitative estimate of drug-likeness (QED) is 0.192. The van der Waals surface area contributed by atoms with Gasteiger partial charge in [-0.2, -0.15) is 4.98 Å². The summed E-state index contributed by atoms with van der Waals surface area (Å²) in [6.07, 6.45) is 1.00. The summed E-state index contributed by atoms with van der Waals surface area (Å²) >= 11 is 14.0. The molecule has 1 unspecified atom stereocenters. The minimum atomic E-state index is -0.521. The fourth-order valence-corrected chi connectivity index (χ4v) is 5.54. The van der Waals surface area contributed by atoms with Crippen molar-refractivity contribution in [1.29, 1.82) is 0 Å². The summed E-state index contributed by atoms with van der Waals surface area (Å²) in [6, 6.07) is 20.2. The summed E-state index contributed by atoms with van der Waals surface area (Å²) in [4.78, 5) is 18.5. The molecule has 2 N–H and O–H groups in total. The van der Waals surface area contributed by atoms with Crippen molar-refractivity contribution in [2.24, 2.45) is 0 Å². The van der Waals surface area contributed by atoms with E-state index in [4.69, 9.17) is 38.0 Å². The average Bonchev–Trinajstić information content (AvgIpc) is 3.34. The predicted octanol–water partition coefficient (Wildman–Crippen LogP) is 7.90. The van der Waals surface area contributed by atoms with E-state index in [9.17, 15) is 4.79 Å². The van der Waals surface area contributed by atoms with Gasteiger partial charge in [-0.05, 0) is 62.2 Å². The molecule has 7 nitrogen and oxygen atoms in total. The van der Waals surface area contributed by atoms with Crippen LogP contribution >= 0.6 is 35.0 Å². The number of carbonyl (C=O) groups is 1. The summed E-state index contributed by atoms with van der Waals surface area (Å²) in [5, 5.41) is 12.9. The van der Waals surface area contributed by atoms with E-state index >= 15 is 0 Å². The molecule has 0 fully saturated rings. The smallest absolute Gasteiger partial charge is 0.255 e. The number of benzene rings is 3. The fourth-order valence-electron chi connectivity index (χ4n) is 4.40. The molecular formula is C30H29Cl2N5O2S. The number of carbonyl (C=O) groups excluding carboxylic acids is 1. The van der Waals surface area contributed by atoms with E-state index in [1.165, 1.54) is 0 Å². The lowest BCUT2D eigenvalue weighted by Crippen LogP contribution is -2.31. The van der Waals surface area contributed by atoms with E-state index in [1.807, 2.05) is 68.4 Å². The number of allylic oxidation sites excluding steroid dienone is 1. The lowest BCUT2D eigenvalue weighted by Gasteiger charge is -2.29. The molecule has 0 spiro atoms. The number of nitrogens with zero attached hydrogens (tertiary/aromatic N) is 3. The van der Waals surface area contributed by atoms with Crippen LogP contribution in [0, 0.1) is 6.92 Å². The maximum Gasteiger partial charge on any atom is 0.255 e. The van der Waals surface area contributed by atoms with Crippen LogP contribution in [0.2, 0.25) is 10.0 Å². The van der Waals surface area contributed by atoms with Gasteiger partial charge in [0.15, 0.2) is 0 Å². The molecular weight excluding hydrogens is 565 g/mol. The van der Waals surface area contributed by atoms with E-state index in [1.54, 1.807) is 28.6 Å². The van der Waals surface area contributed by atoms with Crippen LogP contribution in [0.25, 0.3) is 0 Å². The first kappa shape index (κ1) is 28.1. The highest BCUT2D eigenvalue weighted by atomic mass is 35.5. The first-order valence-electron chi connectivity index (χ1n) is 12.9. The van der Waals surface area contributed by atoms with E-state index in [0.717, 1.165) is 34.6 Å². The van der Waals surface area contributed by atoms with E-state index in [0.29, 0.717) is 38.2 Å². The Labute approximate surface area is 247 Å². The van der Waals surface area contributed by atoms with Gasteiger partial charge in [0.25, 0.3) is 5.91 Å². The Morgan fingerprint density at radius 1 is 1.10 bits per heavy atom. The standard InChI is InChI=1S/C30H29Cl2N5O2S/c1-4-14-40-30-35-29-33-19(3)26(28(38)34-23-12-8-18(2)9-13-23)27(37(29)36-30)20-6-5-7-24(15-20)39-17-21-10-11-22(31)16-25(21)32/h5-13,15-16,27H,4,14,17H2,1-3H3,(H,34,38)(H,33,35,36). The van der Waals surface area contributed by atoms with E-state index in [2.05, 4.69) is 17.6 Å². The first-order chi connectivity index (χ1) is 19.3. The number of thioether (sulfide) groups is 1. The van der Waals surface area contributed by atoms with Crippen LogP contribution < -0.4 is 15.4 Å². The third kappa shape index (κ3) is 6.30. The van der Waals surface area contributed by atoms with Gasteiger partial charge >= 0.3 is 0 Å². The summed E-state index contributed by atoms with van der Waals surface area (Å²) in [5.74, 6) is 1.91. The lowest BCUT2D eigenvalue weighted by molar-refractivity contribution is -0.113. The van der Waals surface area contributed by atoms with Crippen molar-refractivity contribution < 1.29 is 9.53 Å². The first-order valence-corrected chi connectivity index (χ1v) is 14.7. The molecule has 2 heterocycles. The average molecular weight is 595 g/mol. The highest BCUT2D eigenvalue weighted by Crippen LogP contribution is 2.38. The van der Waals surface area contributed by atoms with Crippen molar-refractivity contribution in [1.82, 2.24) is 14.8 Å². The molecule has 3 aromatic carbocycles. The maximum absolute atomic E-state index is 13.8. The largest absolute Gasteiger partial charge is 0.489 e. The van der Waals surface area contributed by atoms with Gasteiger partial charge in [0.05, 0.1) is 5.57 Å². The number of hydrogen-bond donors (Lipinski definition) is 2. The van der Waals surface area contributed by atoms with Crippen LogP contribution in [0.4, 0.5) is 11.6 Å². The van der Waals surface area contributed by atoms with Crippen molar-refractivity contribution in [2.75, 3.05) is 16.4 Å². The minimum absolute atomic E-state index is 0.220. The molecule has 0 aliphatic carbocycles. The summed E-state index contributed by atoms with van der Waals surface area (Å²) in [7, 11) is 0. The number of halogens is 2. The predicted molar refractivity (Wildman–Crippen MR) is 163 cm³/mol. The number of rotatable bonds is 9. The molecule has 0 saturated heterocycles. The van der Waals surface area contributed by atoms with Crippen molar-refractivity contribution in [2.45, 2.75) is 45.0 Å². The number of nitrogens with one attached hydrogen (secondary N) is 2. The monoisotopic (exact) mass is 593 g/mol. The Balaban J connectivity index is 1.49. The molecule has 1 aromatic heterocycles. The molecule has 4 aromatic rings. The van der Waals surface area contributed by atoms with Gasteiger partial charge in [-0.25, -0.2) is 4.68 Å². The molecule has 206 valence electrons. The van der Waals surface area contributed by atoms with Crippen molar-refractivity contribution >= 4 is 52.5 Å². The summed E-state index contributed by atoms with van der Waals surface area (Å²) < 4.78 is 7.89. The van der Waals surface area contributed by atoms with Crippen LogP contribution in [0.5, 0.6) is 5.75 Å². The van der Waals surface area contributed by atoms with Gasteiger partial charge in [0.1, 0.15) is 18.4 Å². The zero-order valence-electron chi connectivity index (χ0n) is 22.4. The molecule has 1 aliphatic heterocycles. The number of fused-ring (bicyclic) bond motifs is 1. The number of aromatic nitrogens is 3. The van der Waals surface area contributed by atoms with Gasteiger partial charge in [0, 0.05) is 32.7 Å². The Morgan fingerprint density at radius 3 is 2.65 bits per heavy atom. The topological polar surface area (TPSA) is 81.1 Å². The molecule has 5 rings (SSSR count). The molecule has 0 bridgehead atoms. The van der Waals surface area contributed by atoms with Crippen LogP contribution in [-0.4, -0.2) is 26.4 Å². The van der Waals surface area contributed by atoms with E-state index in [-0.39, 0.29) is 12.5 Å². The van der Waals surface area contributed by atoms with Crippen LogP contribution in [0.15, 0.2) is 83.2 Å². The molecule has 1 amide bonds. The summed E-state index contributed by atoms with van der Waals surface area (Å²) in [5.41, 5.74) is 4.75. The third-order valence-corrected chi connectivity index (χ3v) is 8.04. The number of ether oxygens (including phenoxy) is 1. The summed E-state index contributed by atoms with van der Waals surface area (Å²) in [6.45, 7) is 6.28. The third-order valence-electron chi connectivity index (χ3n) is 6.41.